The summed E-state index contributed by atoms with van der Waals surface area (Å²) in [5.74, 6) is -0.898. The highest BCUT2D eigenvalue weighted by atomic mass is 79.9. The van der Waals surface area contributed by atoms with Crippen molar-refractivity contribution in [3.63, 3.8) is 0 Å². The third-order valence-corrected chi connectivity index (χ3v) is 5.12. The van der Waals surface area contributed by atoms with Crippen molar-refractivity contribution in [2.24, 2.45) is 5.41 Å². The fourth-order valence-electron chi connectivity index (χ4n) is 3.70. The van der Waals surface area contributed by atoms with Gasteiger partial charge in [0, 0.05) is 23.4 Å². The van der Waals surface area contributed by atoms with Gasteiger partial charge in [-0.2, -0.15) is 0 Å². The SMILES string of the molecule is COC(=O)C1=C(C)NC2=C(C(=O)CC(C)(C)C2)[C@H]1c1cccc(Br)n1. The molecule has 3 rings (SSSR count). The van der Waals surface area contributed by atoms with Crippen molar-refractivity contribution in [2.75, 3.05) is 7.11 Å². The number of rotatable bonds is 2. The molecule has 1 aromatic rings. The molecule has 1 aliphatic carbocycles. The molecule has 132 valence electrons. The average molecular weight is 405 g/mol. The normalized spacial score (nSPS) is 22.4. The highest BCUT2D eigenvalue weighted by Gasteiger charge is 2.43. The van der Waals surface area contributed by atoms with Crippen LogP contribution in [0.3, 0.4) is 0 Å². The lowest BCUT2D eigenvalue weighted by atomic mass is 9.69. The molecule has 1 aromatic heterocycles. The van der Waals surface area contributed by atoms with Crippen LogP contribution in [0.25, 0.3) is 0 Å². The molecule has 2 aliphatic rings. The summed E-state index contributed by atoms with van der Waals surface area (Å²) in [5, 5.41) is 3.28. The van der Waals surface area contributed by atoms with Crippen molar-refractivity contribution in [1.29, 1.82) is 0 Å². The molecular weight excluding hydrogens is 384 g/mol. The zero-order chi connectivity index (χ0) is 18.4. The van der Waals surface area contributed by atoms with Crippen molar-refractivity contribution in [3.05, 3.63) is 51.0 Å². The van der Waals surface area contributed by atoms with E-state index in [1.807, 2.05) is 25.1 Å². The number of nitrogens with zero attached hydrogens (tertiary/aromatic N) is 1. The maximum atomic E-state index is 13.0. The summed E-state index contributed by atoms with van der Waals surface area (Å²) in [4.78, 5) is 29.9. The summed E-state index contributed by atoms with van der Waals surface area (Å²) in [6.07, 6.45) is 1.20. The first-order valence-electron chi connectivity index (χ1n) is 8.18. The number of nitrogens with one attached hydrogen (secondary N) is 1. The molecule has 0 saturated heterocycles. The number of hydrogen-bond acceptors (Lipinski definition) is 5. The largest absolute Gasteiger partial charge is 0.466 e. The number of carbonyl (C=O) groups is 2. The van der Waals surface area contributed by atoms with Crippen LogP contribution in [0.5, 0.6) is 0 Å². The van der Waals surface area contributed by atoms with E-state index < -0.39 is 11.9 Å². The number of carbonyl (C=O) groups excluding carboxylic acids is 2. The van der Waals surface area contributed by atoms with Gasteiger partial charge in [0.1, 0.15) is 4.60 Å². The van der Waals surface area contributed by atoms with Crippen LogP contribution in [0.2, 0.25) is 0 Å². The van der Waals surface area contributed by atoms with E-state index in [1.165, 1.54) is 7.11 Å². The second-order valence-electron chi connectivity index (χ2n) is 7.31. The molecule has 1 atom stereocenters. The third-order valence-electron chi connectivity index (χ3n) is 4.68. The predicted molar refractivity (Wildman–Crippen MR) is 97.6 cm³/mol. The summed E-state index contributed by atoms with van der Waals surface area (Å²) in [7, 11) is 1.35. The zero-order valence-corrected chi connectivity index (χ0v) is 16.4. The van der Waals surface area contributed by atoms with Gasteiger partial charge in [0.25, 0.3) is 0 Å². The highest BCUT2D eigenvalue weighted by molar-refractivity contribution is 9.10. The van der Waals surface area contributed by atoms with E-state index in [1.54, 1.807) is 0 Å². The van der Waals surface area contributed by atoms with Gasteiger partial charge < -0.3 is 10.1 Å². The Labute approximate surface area is 155 Å². The fraction of sp³-hybridized carbons (Fsp3) is 0.421. The van der Waals surface area contributed by atoms with Crippen LogP contribution in [0.15, 0.2) is 45.3 Å². The number of aromatic nitrogens is 1. The Morgan fingerprint density at radius 3 is 2.72 bits per heavy atom. The quantitative estimate of drug-likeness (QED) is 0.601. The minimum atomic E-state index is -0.509. The van der Waals surface area contributed by atoms with Gasteiger partial charge in [0.15, 0.2) is 5.78 Å². The lowest BCUT2D eigenvalue weighted by Gasteiger charge is -2.39. The van der Waals surface area contributed by atoms with Gasteiger partial charge in [0.2, 0.25) is 0 Å². The Kier molecular flexibility index (Phi) is 4.58. The van der Waals surface area contributed by atoms with E-state index in [9.17, 15) is 9.59 Å². The molecule has 0 spiro atoms. The maximum absolute atomic E-state index is 13.0. The summed E-state index contributed by atoms with van der Waals surface area (Å²) >= 11 is 3.38. The van der Waals surface area contributed by atoms with Crippen LogP contribution < -0.4 is 5.32 Å². The number of dihydropyridines is 1. The molecule has 0 amide bonds. The minimum absolute atomic E-state index is 0.0550. The number of halogens is 1. The molecule has 0 saturated carbocycles. The summed E-state index contributed by atoms with van der Waals surface area (Å²) in [6.45, 7) is 6.00. The number of ether oxygens (including phenoxy) is 1. The van der Waals surface area contributed by atoms with Crippen molar-refractivity contribution >= 4 is 27.7 Å². The van der Waals surface area contributed by atoms with Crippen molar-refractivity contribution in [2.45, 2.75) is 39.5 Å². The van der Waals surface area contributed by atoms with Gasteiger partial charge in [-0.15, -0.1) is 0 Å². The third kappa shape index (κ3) is 3.27. The van der Waals surface area contributed by atoms with Gasteiger partial charge in [-0.05, 0) is 46.8 Å². The number of pyridine rings is 1. The first kappa shape index (κ1) is 17.9. The Bertz CT molecular complexity index is 824. The van der Waals surface area contributed by atoms with Gasteiger partial charge in [-0.1, -0.05) is 19.9 Å². The van der Waals surface area contributed by atoms with Crippen LogP contribution >= 0.6 is 15.9 Å². The smallest absolute Gasteiger partial charge is 0.336 e. The Morgan fingerprint density at radius 2 is 2.08 bits per heavy atom. The molecule has 0 bridgehead atoms. The molecule has 0 unspecified atom stereocenters. The molecule has 0 aromatic carbocycles. The van der Waals surface area contributed by atoms with E-state index in [4.69, 9.17) is 4.74 Å². The van der Waals surface area contributed by atoms with E-state index in [0.717, 1.165) is 12.1 Å². The topological polar surface area (TPSA) is 68.3 Å². The number of allylic oxidation sites excluding steroid dienone is 3. The van der Waals surface area contributed by atoms with E-state index >= 15 is 0 Å². The Balaban J connectivity index is 2.21. The van der Waals surface area contributed by atoms with E-state index in [2.05, 4.69) is 40.1 Å². The number of methoxy groups -OCH3 is 1. The van der Waals surface area contributed by atoms with Gasteiger partial charge in [0.05, 0.1) is 24.3 Å². The number of esters is 1. The summed E-state index contributed by atoms with van der Waals surface area (Å²) in [6, 6.07) is 5.52. The van der Waals surface area contributed by atoms with Gasteiger partial charge in [-0.25, -0.2) is 9.78 Å². The lowest BCUT2D eigenvalue weighted by molar-refractivity contribution is -0.136. The highest BCUT2D eigenvalue weighted by Crippen LogP contribution is 2.46. The van der Waals surface area contributed by atoms with Crippen LogP contribution in [0, 0.1) is 5.41 Å². The first-order valence-corrected chi connectivity index (χ1v) is 8.97. The monoisotopic (exact) mass is 404 g/mol. The standard InChI is InChI=1S/C19H21BrN2O3/c1-10-15(18(24)25-4)17(11-6-5-7-14(20)22-11)16-12(21-10)8-19(2,3)9-13(16)23/h5-7,17,21H,8-9H2,1-4H3/t17-/m0/s1. The number of Topliss-reactive ketones (excluding diaryl/α,β-unsaturated/α-hetero) is 1. The molecule has 6 heteroatoms. The molecule has 0 fully saturated rings. The summed E-state index contributed by atoms with van der Waals surface area (Å²) in [5.41, 5.74) is 3.23. The van der Waals surface area contributed by atoms with Crippen LogP contribution in [0.1, 0.15) is 45.2 Å². The molecule has 1 aliphatic heterocycles. The van der Waals surface area contributed by atoms with Gasteiger partial charge >= 0.3 is 5.97 Å². The molecule has 5 nitrogen and oxygen atoms in total. The van der Waals surface area contributed by atoms with Crippen molar-refractivity contribution in [3.8, 4) is 0 Å². The van der Waals surface area contributed by atoms with Crippen LogP contribution in [-0.2, 0) is 14.3 Å². The molecule has 1 N–H and O–H groups in total. The molecular formula is C19H21BrN2O3. The average Bonchev–Trinajstić information content (AvgIpc) is 2.51. The predicted octanol–water partition coefficient (Wildman–Crippen LogP) is 3.62. The van der Waals surface area contributed by atoms with Crippen molar-refractivity contribution in [1.82, 2.24) is 10.3 Å². The molecule has 2 heterocycles. The lowest BCUT2D eigenvalue weighted by Crippen LogP contribution is -2.38. The van der Waals surface area contributed by atoms with Gasteiger partial charge in [-0.3, -0.25) is 4.79 Å². The maximum Gasteiger partial charge on any atom is 0.336 e. The first-order chi connectivity index (χ1) is 11.7. The van der Waals surface area contributed by atoms with Crippen molar-refractivity contribution < 1.29 is 14.3 Å². The Morgan fingerprint density at radius 1 is 1.36 bits per heavy atom. The zero-order valence-electron chi connectivity index (χ0n) is 14.8. The minimum Gasteiger partial charge on any atom is -0.466 e. The second kappa shape index (κ2) is 6.41. The second-order valence-corrected chi connectivity index (χ2v) is 8.12. The van der Waals surface area contributed by atoms with Crippen LogP contribution in [-0.4, -0.2) is 23.8 Å². The van der Waals surface area contributed by atoms with E-state index in [0.29, 0.717) is 33.6 Å². The Hall–Kier alpha value is -1.95. The fourth-order valence-corrected chi connectivity index (χ4v) is 4.05. The number of ketones is 1. The summed E-state index contributed by atoms with van der Waals surface area (Å²) < 4.78 is 5.65. The van der Waals surface area contributed by atoms with Crippen LogP contribution in [0.4, 0.5) is 0 Å². The van der Waals surface area contributed by atoms with E-state index in [-0.39, 0.29) is 11.2 Å². The number of hydrogen-bond donors (Lipinski definition) is 1. The molecule has 0 radical (unpaired) electrons. The molecule has 25 heavy (non-hydrogen) atoms.